The summed E-state index contributed by atoms with van der Waals surface area (Å²) in [4.78, 5) is 16.7. The summed E-state index contributed by atoms with van der Waals surface area (Å²) in [6.45, 7) is 10.7. The smallest absolute Gasteiger partial charge is 0.219 e. The number of carbonyl (C=O) groups excluding carboxylic acids is 1. The number of rotatable bonds is 5. The van der Waals surface area contributed by atoms with Crippen LogP contribution in [-0.4, -0.2) is 64.9 Å². The van der Waals surface area contributed by atoms with Crippen LogP contribution in [0.15, 0.2) is 0 Å². The molecule has 2 fully saturated rings. The van der Waals surface area contributed by atoms with E-state index in [0.29, 0.717) is 6.04 Å². The standard InChI is InChI=1S/C17H32ClN3O/c1-14(2)21(15(3)22)13-17(16-7-5-4-6-8-16)19-9-11-20(18)12-10-19/h14,16-17H,4-13H2,1-3H3. The topological polar surface area (TPSA) is 26.8 Å². The highest BCUT2D eigenvalue weighted by molar-refractivity contribution is 6.13. The summed E-state index contributed by atoms with van der Waals surface area (Å²) >= 11 is 6.12. The molecule has 0 aromatic carbocycles. The fourth-order valence-electron chi connectivity index (χ4n) is 4.02. The lowest BCUT2D eigenvalue weighted by Gasteiger charge is -2.44. The molecule has 1 unspecified atom stereocenters. The Hall–Kier alpha value is -0.320. The van der Waals surface area contributed by atoms with Crippen molar-refractivity contribution in [3.05, 3.63) is 0 Å². The Kier molecular flexibility index (Phi) is 6.97. The third-order valence-electron chi connectivity index (χ3n) is 5.33. The minimum atomic E-state index is 0.201. The van der Waals surface area contributed by atoms with Crippen LogP contribution in [0, 0.1) is 5.92 Å². The molecule has 0 spiro atoms. The van der Waals surface area contributed by atoms with E-state index in [2.05, 4.69) is 18.7 Å². The highest BCUT2D eigenvalue weighted by Gasteiger charge is 2.33. The van der Waals surface area contributed by atoms with Gasteiger partial charge in [-0.25, -0.2) is 4.42 Å². The van der Waals surface area contributed by atoms with Crippen LogP contribution in [0.4, 0.5) is 0 Å². The van der Waals surface area contributed by atoms with E-state index in [1.54, 1.807) is 6.92 Å². The number of hydrogen-bond acceptors (Lipinski definition) is 3. The third kappa shape index (κ3) is 4.84. The summed E-state index contributed by atoms with van der Waals surface area (Å²) in [7, 11) is 0. The van der Waals surface area contributed by atoms with Gasteiger partial charge in [-0.1, -0.05) is 19.3 Å². The second kappa shape index (κ2) is 8.51. The zero-order valence-corrected chi connectivity index (χ0v) is 15.2. The van der Waals surface area contributed by atoms with Crippen molar-refractivity contribution in [3.8, 4) is 0 Å². The molecule has 1 heterocycles. The number of carbonyl (C=O) groups is 1. The van der Waals surface area contributed by atoms with Gasteiger partial charge in [0, 0.05) is 51.7 Å². The Balaban J connectivity index is 2.07. The minimum absolute atomic E-state index is 0.201. The zero-order chi connectivity index (χ0) is 16.1. The average Bonchev–Trinajstić information content (AvgIpc) is 2.49. The van der Waals surface area contributed by atoms with E-state index in [9.17, 15) is 4.79 Å². The molecule has 1 amide bonds. The zero-order valence-electron chi connectivity index (χ0n) is 14.4. The van der Waals surface area contributed by atoms with Crippen molar-refractivity contribution in [2.75, 3.05) is 32.7 Å². The van der Waals surface area contributed by atoms with Gasteiger partial charge in [-0.05, 0) is 44.4 Å². The van der Waals surface area contributed by atoms with Crippen molar-refractivity contribution in [1.82, 2.24) is 14.2 Å². The van der Waals surface area contributed by atoms with Crippen molar-refractivity contribution < 1.29 is 4.79 Å². The Morgan fingerprint density at radius 1 is 1.14 bits per heavy atom. The lowest BCUT2D eigenvalue weighted by molar-refractivity contribution is -0.132. The SMILES string of the molecule is CC(=O)N(CC(C1CCCCC1)N1CCN(Cl)CC1)C(C)C. The first-order valence-corrected chi connectivity index (χ1v) is 9.25. The maximum absolute atomic E-state index is 12.0. The second-order valence-corrected chi connectivity index (χ2v) is 7.65. The molecule has 0 N–H and O–H groups in total. The summed E-state index contributed by atoms with van der Waals surface area (Å²) in [5.74, 6) is 0.933. The van der Waals surface area contributed by atoms with Gasteiger partial charge in [0.25, 0.3) is 0 Å². The molecule has 1 saturated heterocycles. The van der Waals surface area contributed by atoms with Crippen LogP contribution in [0.2, 0.25) is 0 Å². The molecule has 128 valence electrons. The highest BCUT2D eigenvalue weighted by atomic mass is 35.5. The number of amides is 1. The summed E-state index contributed by atoms with van der Waals surface area (Å²) in [5, 5.41) is 0. The molecule has 1 atom stereocenters. The first-order valence-electron chi connectivity index (χ1n) is 8.91. The van der Waals surface area contributed by atoms with E-state index in [1.807, 2.05) is 9.32 Å². The van der Waals surface area contributed by atoms with Crippen LogP contribution < -0.4 is 0 Å². The first-order chi connectivity index (χ1) is 10.5. The largest absolute Gasteiger partial charge is 0.339 e. The first kappa shape index (κ1) is 18.0. The van der Waals surface area contributed by atoms with Gasteiger partial charge in [0.15, 0.2) is 0 Å². The molecular weight excluding hydrogens is 298 g/mol. The number of halogens is 1. The van der Waals surface area contributed by atoms with Crippen LogP contribution in [-0.2, 0) is 4.79 Å². The van der Waals surface area contributed by atoms with E-state index in [-0.39, 0.29) is 11.9 Å². The average molecular weight is 330 g/mol. The molecule has 22 heavy (non-hydrogen) atoms. The van der Waals surface area contributed by atoms with Crippen LogP contribution in [0.1, 0.15) is 52.9 Å². The molecule has 1 saturated carbocycles. The van der Waals surface area contributed by atoms with Crippen molar-refractivity contribution in [2.45, 2.75) is 65.0 Å². The fraction of sp³-hybridized carbons (Fsp3) is 0.941. The van der Waals surface area contributed by atoms with E-state index < -0.39 is 0 Å². The van der Waals surface area contributed by atoms with Gasteiger partial charge in [-0.2, -0.15) is 0 Å². The highest BCUT2D eigenvalue weighted by Crippen LogP contribution is 2.30. The number of hydrogen-bond donors (Lipinski definition) is 0. The molecule has 2 rings (SSSR count). The van der Waals surface area contributed by atoms with Gasteiger partial charge in [0.2, 0.25) is 5.91 Å². The van der Waals surface area contributed by atoms with Gasteiger partial charge in [-0.3, -0.25) is 9.69 Å². The van der Waals surface area contributed by atoms with Gasteiger partial charge in [0.05, 0.1) is 0 Å². The molecule has 0 radical (unpaired) electrons. The van der Waals surface area contributed by atoms with Gasteiger partial charge < -0.3 is 4.90 Å². The molecule has 0 aromatic heterocycles. The van der Waals surface area contributed by atoms with Crippen molar-refractivity contribution in [3.63, 3.8) is 0 Å². The number of nitrogens with zero attached hydrogens (tertiary/aromatic N) is 3. The predicted octanol–water partition coefficient (Wildman–Crippen LogP) is 2.96. The van der Waals surface area contributed by atoms with Crippen molar-refractivity contribution in [2.24, 2.45) is 5.92 Å². The minimum Gasteiger partial charge on any atom is -0.339 e. The van der Waals surface area contributed by atoms with E-state index in [1.165, 1.54) is 32.1 Å². The van der Waals surface area contributed by atoms with E-state index in [0.717, 1.165) is 38.6 Å². The summed E-state index contributed by atoms with van der Waals surface area (Å²) < 4.78 is 1.89. The van der Waals surface area contributed by atoms with Crippen LogP contribution >= 0.6 is 11.8 Å². The lowest BCUT2D eigenvalue weighted by Crippen LogP contribution is -2.55. The molecule has 0 aromatic rings. The molecule has 1 aliphatic carbocycles. The summed E-state index contributed by atoms with van der Waals surface area (Å²) in [6, 6.07) is 0.773. The summed E-state index contributed by atoms with van der Waals surface area (Å²) in [6.07, 6.45) is 6.70. The maximum Gasteiger partial charge on any atom is 0.219 e. The third-order valence-corrected chi connectivity index (χ3v) is 5.67. The Labute approximate surface area is 140 Å². The second-order valence-electron chi connectivity index (χ2n) is 7.18. The Morgan fingerprint density at radius 2 is 1.73 bits per heavy atom. The molecule has 4 nitrogen and oxygen atoms in total. The summed E-state index contributed by atoms with van der Waals surface area (Å²) in [5.41, 5.74) is 0. The molecule has 0 bridgehead atoms. The van der Waals surface area contributed by atoms with Crippen molar-refractivity contribution >= 4 is 17.7 Å². The van der Waals surface area contributed by atoms with Crippen LogP contribution in [0.25, 0.3) is 0 Å². The van der Waals surface area contributed by atoms with Gasteiger partial charge in [-0.15, -0.1) is 0 Å². The van der Waals surface area contributed by atoms with Gasteiger partial charge in [0.1, 0.15) is 0 Å². The quantitative estimate of drug-likeness (QED) is 0.726. The monoisotopic (exact) mass is 329 g/mol. The van der Waals surface area contributed by atoms with Crippen LogP contribution in [0.3, 0.4) is 0 Å². The normalized spacial score (nSPS) is 23.7. The molecule has 2 aliphatic rings. The van der Waals surface area contributed by atoms with E-state index in [4.69, 9.17) is 11.8 Å². The molecule has 5 heteroatoms. The van der Waals surface area contributed by atoms with E-state index >= 15 is 0 Å². The molecular formula is C17H32ClN3O. The lowest BCUT2D eigenvalue weighted by atomic mass is 9.82. The van der Waals surface area contributed by atoms with Crippen LogP contribution in [0.5, 0.6) is 0 Å². The number of piperazine rings is 1. The fourth-order valence-corrected chi connectivity index (χ4v) is 4.17. The Morgan fingerprint density at radius 3 is 2.23 bits per heavy atom. The molecule has 1 aliphatic heterocycles. The van der Waals surface area contributed by atoms with Crippen molar-refractivity contribution in [1.29, 1.82) is 0 Å². The Bertz CT molecular complexity index is 350. The predicted molar refractivity (Wildman–Crippen MR) is 91.9 cm³/mol. The van der Waals surface area contributed by atoms with Gasteiger partial charge >= 0.3 is 0 Å². The maximum atomic E-state index is 12.0.